The summed E-state index contributed by atoms with van der Waals surface area (Å²) in [7, 11) is 0. The Morgan fingerprint density at radius 1 is 1.15 bits per heavy atom. The summed E-state index contributed by atoms with van der Waals surface area (Å²) in [4.78, 5) is 19.1. The first-order chi connectivity index (χ1) is 13.2. The largest absolute Gasteiger partial charge is 0.379 e. The van der Waals surface area contributed by atoms with E-state index in [1.807, 2.05) is 19.1 Å². The van der Waals surface area contributed by atoms with Crippen LogP contribution in [0.3, 0.4) is 0 Å². The van der Waals surface area contributed by atoms with Crippen molar-refractivity contribution < 1.29 is 9.53 Å². The number of nitrogens with zero attached hydrogens (tertiary/aromatic N) is 2. The fraction of sp³-hybridized carbons (Fsp3) is 0.579. The standard InChI is InChI=1S/C19H30BrN5O2/c1-2-21-19(23-8-3-11-25-12-14-27-15-13-25)24-10-9-22-18(26)16-4-6-17(20)7-5-16/h4-7H,2-3,8-15H2,1H3,(H,22,26)(H2,21,23,24). The molecule has 7 nitrogen and oxygen atoms in total. The molecule has 1 aliphatic heterocycles. The van der Waals surface area contributed by atoms with Gasteiger partial charge in [-0.15, -0.1) is 0 Å². The lowest BCUT2D eigenvalue weighted by molar-refractivity contribution is 0.0377. The minimum absolute atomic E-state index is 0.0725. The number of carbonyl (C=O) groups is 1. The lowest BCUT2D eigenvalue weighted by atomic mass is 10.2. The van der Waals surface area contributed by atoms with E-state index in [0.717, 1.165) is 62.8 Å². The predicted octanol–water partition coefficient (Wildman–Crippen LogP) is 1.46. The van der Waals surface area contributed by atoms with E-state index < -0.39 is 0 Å². The predicted molar refractivity (Wildman–Crippen MR) is 112 cm³/mol. The minimum Gasteiger partial charge on any atom is -0.379 e. The first-order valence-electron chi connectivity index (χ1n) is 9.55. The fourth-order valence-electron chi connectivity index (χ4n) is 2.71. The van der Waals surface area contributed by atoms with Crippen LogP contribution in [0.5, 0.6) is 0 Å². The number of aliphatic imine (C=N–C) groups is 1. The molecule has 150 valence electrons. The van der Waals surface area contributed by atoms with Crippen molar-refractivity contribution >= 4 is 27.8 Å². The highest BCUT2D eigenvalue weighted by Gasteiger charge is 2.09. The first-order valence-corrected chi connectivity index (χ1v) is 10.3. The van der Waals surface area contributed by atoms with Gasteiger partial charge in [0.2, 0.25) is 0 Å². The topological polar surface area (TPSA) is 78.0 Å². The van der Waals surface area contributed by atoms with E-state index in [2.05, 4.69) is 41.8 Å². The van der Waals surface area contributed by atoms with Crippen LogP contribution in [0.15, 0.2) is 33.7 Å². The highest BCUT2D eigenvalue weighted by atomic mass is 79.9. The third-order valence-corrected chi connectivity index (χ3v) is 4.69. The molecule has 1 aromatic carbocycles. The van der Waals surface area contributed by atoms with Crippen molar-refractivity contribution in [3.8, 4) is 0 Å². The Morgan fingerprint density at radius 2 is 1.85 bits per heavy atom. The lowest BCUT2D eigenvalue weighted by Gasteiger charge is -2.26. The van der Waals surface area contributed by atoms with Crippen LogP contribution in [-0.4, -0.2) is 75.8 Å². The Balaban J connectivity index is 1.64. The van der Waals surface area contributed by atoms with Crippen molar-refractivity contribution in [1.29, 1.82) is 0 Å². The maximum Gasteiger partial charge on any atom is 0.251 e. The number of hydrogen-bond acceptors (Lipinski definition) is 4. The molecule has 0 aliphatic carbocycles. The molecule has 1 aliphatic rings. The van der Waals surface area contributed by atoms with Gasteiger partial charge in [0.15, 0.2) is 5.96 Å². The van der Waals surface area contributed by atoms with Gasteiger partial charge >= 0.3 is 0 Å². The summed E-state index contributed by atoms with van der Waals surface area (Å²) >= 11 is 3.37. The second-order valence-electron chi connectivity index (χ2n) is 6.26. The molecular formula is C19H30BrN5O2. The highest BCUT2D eigenvalue weighted by molar-refractivity contribution is 9.10. The van der Waals surface area contributed by atoms with Gasteiger partial charge in [-0.1, -0.05) is 15.9 Å². The Bertz CT molecular complexity index is 588. The van der Waals surface area contributed by atoms with Crippen molar-refractivity contribution in [1.82, 2.24) is 20.9 Å². The fourth-order valence-corrected chi connectivity index (χ4v) is 2.98. The summed E-state index contributed by atoms with van der Waals surface area (Å²) < 4.78 is 6.32. The van der Waals surface area contributed by atoms with E-state index >= 15 is 0 Å². The Labute approximate surface area is 170 Å². The molecule has 0 atom stereocenters. The second kappa shape index (κ2) is 12.7. The number of carbonyl (C=O) groups excluding carboxylic acids is 1. The first kappa shape index (κ1) is 21.7. The average molecular weight is 440 g/mol. The molecule has 0 saturated carbocycles. The molecule has 0 spiro atoms. The SMILES string of the molecule is CCNC(=NCCCN1CCOCC1)NCCNC(=O)c1ccc(Br)cc1. The van der Waals surface area contributed by atoms with Gasteiger partial charge in [-0.3, -0.25) is 14.7 Å². The van der Waals surface area contributed by atoms with Crippen LogP contribution in [0.4, 0.5) is 0 Å². The summed E-state index contributed by atoms with van der Waals surface area (Å²) in [6.07, 6.45) is 1.02. The minimum atomic E-state index is -0.0725. The average Bonchev–Trinajstić information content (AvgIpc) is 2.69. The van der Waals surface area contributed by atoms with E-state index in [9.17, 15) is 4.79 Å². The Morgan fingerprint density at radius 3 is 2.56 bits per heavy atom. The number of rotatable bonds is 9. The van der Waals surface area contributed by atoms with Crippen molar-refractivity contribution in [2.75, 3.05) is 59.0 Å². The monoisotopic (exact) mass is 439 g/mol. The summed E-state index contributed by atoms with van der Waals surface area (Å²) in [5, 5.41) is 9.40. The molecule has 1 amide bonds. The molecule has 8 heteroatoms. The van der Waals surface area contributed by atoms with Gasteiger partial charge in [0.25, 0.3) is 5.91 Å². The molecule has 2 rings (SSSR count). The van der Waals surface area contributed by atoms with Crippen LogP contribution in [0.1, 0.15) is 23.7 Å². The Hall–Kier alpha value is -1.64. The van der Waals surface area contributed by atoms with Gasteiger partial charge in [-0.25, -0.2) is 0 Å². The number of morpholine rings is 1. The van der Waals surface area contributed by atoms with Crippen LogP contribution >= 0.6 is 15.9 Å². The number of ether oxygens (including phenoxy) is 1. The van der Waals surface area contributed by atoms with Crippen molar-refractivity contribution in [2.24, 2.45) is 4.99 Å². The zero-order valence-corrected chi connectivity index (χ0v) is 17.6. The number of nitrogens with one attached hydrogen (secondary N) is 3. The number of halogens is 1. The summed E-state index contributed by atoms with van der Waals surface area (Å²) in [6, 6.07) is 7.32. The van der Waals surface area contributed by atoms with E-state index in [4.69, 9.17) is 4.74 Å². The highest BCUT2D eigenvalue weighted by Crippen LogP contribution is 2.10. The molecule has 0 bridgehead atoms. The molecule has 0 radical (unpaired) electrons. The summed E-state index contributed by atoms with van der Waals surface area (Å²) in [6.45, 7) is 9.53. The molecule has 1 fully saturated rings. The molecule has 27 heavy (non-hydrogen) atoms. The van der Waals surface area contributed by atoms with Crippen LogP contribution in [0.25, 0.3) is 0 Å². The molecule has 1 heterocycles. The van der Waals surface area contributed by atoms with Crippen molar-refractivity contribution in [3.05, 3.63) is 34.3 Å². The molecule has 1 saturated heterocycles. The van der Waals surface area contributed by atoms with E-state index in [1.54, 1.807) is 12.1 Å². The number of amides is 1. The molecule has 1 aromatic rings. The maximum absolute atomic E-state index is 12.1. The summed E-state index contributed by atoms with van der Waals surface area (Å²) in [5.41, 5.74) is 0.655. The summed E-state index contributed by atoms with van der Waals surface area (Å²) in [5.74, 6) is 0.717. The van der Waals surface area contributed by atoms with Gasteiger partial charge in [-0.05, 0) is 37.6 Å². The molecular weight excluding hydrogens is 410 g/mol. The van der Waals surface area contributed by atoms with Gasteiger partial charge < -0.3 is 20.7 Å². The van der Waals surface area contributed by atoms with Gasteiger partial charge in [0.1, 0.15) is 0 Å². The molecule has 3 N–H and O–H groups in total. The van der Waals surface area contributed by atoms with Crippen LogP contribution in [-0.2, 0) is 4.74 Å². The van der Waals surface area contributed by atoms with E-state index in [0.29, 0.717) is 18.7 Å². The van der Waals surface area contributed by atoms with Gasteiger partial charge in [0.05, 0.1) is 13.2 Å². The van der Waals surface area contributed by atoms with Crippen LogP contribution in [0.2, 0.25) is 0 Å². The second-order valence-corrected chi connectivity index (χ2v) is 7.17. The number of benzene rings is 1. The van der Waals surface area contributed by atoms with Gasteiger partial charge in [0, 0.05) is 55.8 Å². The quantitative estimate of drug-likeness (QED) is 0.308. The Kier molecular flexibility index (Phi) is 10.2. The third-order valence-electron chi connectivity index (χ3n) is 4.16. The molecule has 0 unspecified atom stereocenters. The number of guanidine groups is 1. The van der Waals surface area contributed by atoms with Crippen LogP contribution < -0.4 is 16.0 Å². The maximum atomic E-state index is 12.1. The van der Waals surface area contributed by atoms with Gasteiger partial charge in [-0.2, -0.15) is 0 Å². The van der Waals surface area contributed by atoms with E-state index in [1.165, 1.54) is 0 Å². The third kappa shape index (κ3) is 8.73. The van der Waals surface area contributed by atoms with E-state index in [-0.39, 0.29) is 5.91 Å². The van der Waals surface area contributed by atoms with Crippen molar-refractivity contribution in [2.45, 2.75) is 13.3 Å². The lowest BCUT2D eigenvalue weighted by Crippen LogP contribution is -2.41. The number of hydrogen-bond donors (Lipinski definition) is 3. The van der Waals surface area contributed by atoms with Crippen LogP contribution in [0, 0.1) is 0 Å². The zero-order valence-electron chi connectivity index (χ0n) is 16.0. The normalized spacial score (nSPS) is 15.4. The zero-order chi connectivity index (χ0) is 19.3. The van der Waals surface area contributed by atoms with Crippen molar-refractivity contribution in [3.63, 3.8) is 0 Å². The molecule has 0 aromatic heterocycles. The smallest absolute Gasteiger partial charge is 0.251 e.